The van der Waals surface area contributed by atoms with Gasteiger partial charge in [-0.3, -0.25) is 0 Å². The summed E-state index contributed by atoms with van der Waals surface area (Å²) in [4.78, 5) is 0. The Morgan fingerprint density at radius 3 is 1.17 bits per heavy atom. The Balaban J connectivity index is 2.99. The minimum absolute atomic E-state index is 0.181. The van der Waals surface area contributed by atoms with E-state index in [-0.39, 0.29) is 8.57 Å². The highest BCUT2D eigenvalue weighted by Gasteiger charge is 2.05. The molecule has 0 aromatic rings. The minimum Gasteiger partial charge on any atom is -0.108 e. The summed E-state index contributed by atoms with van der Waals surface area (Å²) in [5.41, 5.74) is 0. The summed E-state index contributed by atoms with van der Waals surface area (Å²) in [5.74, 6) is 0. The maximum atomic E-state index is 5.35. The van der Waals surface area contributed by atoms with Gasteiger partial charge in [-0.15, -0.1) is 23.2 Å². The van der Waals surface area contributed by atoms with Crippen LogP contribution in [-0.2, 0) is 0 Å². The van der Waals surface area contributed by atoms with Crippen molar-refractivity contribution in [2.75, 3.05) is 0 Å². The second-order valence-corrected chi connectivity index (χ2v) is 4.64. The van der Waals surface area contributed by atoms with Crippen LogP contribution in [0.3, 0.4) is 0 Å². The molecule has 0 unspecified atom stereocenters. The lowest BCUT2D eigenvalue weighted by atomic mass is 11.0. The molecule has 4 heteroatoms. The van der Waals surface area contributed by atoms with Gasteiger partial charge in [0, 0.05) is 0 Å². The fourth-order valence-corrected chi connectivity index (χ4v) is 0. The van der Waals surface area contributed by atoms with Crippen molar-refractivity contribution in [3.63, 3.8) is 0 Å². The van der Waals surface area contributed by atoms with Gasteiger partial charge in [0.15, 0.2) is 0 Å². The van der Waals surface area contributed by atoms with Crippen molar-refractivity contribution in [3.8, 4) is 0 Å². The van der Waals surface area contributed by atoms with Crippen LogP contribution < -0.4 is 0 Å². The largest absolute Gasteiger partial charge is 0.115 e. The quantitative estimate of drug-likeness (QED) is 0.633. The highest BCUT2D eigenvalue weighted by atomic mass is 79.9. The molecule has 0 amide bonds. The molecule has 0 aromatic carbocycles. The molecule has 2 atom stereocenters. The Morgan fingerprint density at radius 1 is 1.00 bits per heavy atom. The molecule has 0 aliphatic carbocycles. The van der Waals surface area contributed by atoms with Crippen LogP contribution in [0.2, 0.25) is 0 Å². The molecule has 0 saturated heterocycles. The Labute approximate surface area is 63.4 Å². The fraction of sp³-hybridized carbons (Fsp3) is 1.00. The predicted octanol–water partition coefficient (Wildman–Crippen LogP) is 2.91. The number of halogens is 4. The van der Waals surface area contributed by atoms with E-state index in [9.17, 15) is 0 Å². The zero-order valence-corrected chi connectivity index (χ0v) is 7.35. The standard InChI is InChI=1S/C2H2Br2Cl2/c3-1(5)2(4)6/h1-2H/t1-,2+. The summed E-state index contributed by atoms with van der Waals surface area (Å²) < 4.78 is -0.363. The summed E-state index contributed by atoms with van der Waals surface area (Å²) >= 11 is 16.8. The molecule has 0 bridgehead atoms. The van der Waals surface area contributed by atoms with Crippen LogP contribution in [0.25, 0.3) is 0 Å². The van der Waals surface area contributed by atoms with Crippen LogP contribution >= 0.6 is 55.1 Å². The highest BCUT2D eigenvalue weighted by Crippen LogP contribution is 2.20. The van der Waals surface area contributed by atoms with E-state index in [0.29, 0.717) is 0 Å². The van der Waals surface area contributed by atoms with Gasteiger partial charge < -0.3 is 0 Å². The zero-order valence-electron chi connectivity index (χ0n) is 2.67. The van der Waals surface area contributed by atoms with E-state index in [1.807, 2.05) is 0 Å². The lowest BCUT2D eigenvalue weighted by molar-refractivity contribution is 1.38. The molecule has 0 nitrogen and oxygen atoms in total. The molecule has 0 saturated carbocycles. The van der Waals surface area contributed by atoms with Gasteiger partial charge in [0.2, 0.25) is 0 Å². The van der Waals surface area contributed by atoms with Crippen LogP contribution in [0.4, 0.5) is 0 Å². The number of hydrogen-bond donors (Lipinski definition) is 0. The van der Waals surface area contributed by atoms with Crippen LogP contribution in [0.5, 0.6) is 0 Å². The minimum atomic E-state index is -0.181. The lowest BCUT2D eigenvalue weighted by Crippen LogP contribution is -1.94. The summed E-state index contributed by atoms with van der Waals surface area (Å²) in [6.07, 6.45) is 0. The average Bonchev–Trinajstić information content (AvgIpc) is 1.36. The van der Waals surface area contributed by atoms with Crippen LogP contribution in [-0.4, -0.2) is 8.57 Å². The van der Waals surface area contributed by atoms with Crippen molar-refractivity contribution >= 4 is 55.1 Å². The Bertz CT molecular complexity index is 30.5. The van der Waals surface area contributed by atoms with Crippen molar-refractivity contribution in [1.29, 1.82) is 0 Å². The van der Waals surface area contributed by atoms with E-state index in [2.05, 4.69) is 31.9 Å². The number of hydrogen-bond acceptors (Lipinski definition) is 0. The van der Waals surface area contributed by atoms with E-state index in [4.69, 9.17) is 23.2 Å². The summed E-state index contributed by atoms with van der Waals surface area (Å²) in [5, 5.41) is 0. The molecule has 0 N–H and O–H groups in total. The molecule has 38 valence electrons. The first-order valence-corrected chi connectivity index (χ1v) is 3.91. The van der Waals surface area contributed by atoms with E-state index in [1.54, 1.807) is 0 Å². The monoisotopic (exact) mass is 254 g/mol. The molecule has 0 aliphatic heterocycles. The van der Waals surface area contributed by atoms with Gasteiger partial charge >= 0.3 is 0 Å². The van der Waals surface area contributed by atoms with Gasteiger partial charge in [-0.2, -0.15) is 0 Å². The maximum absolute atomic E-state index is 5.35. The smallest absolute Gasteiger partial charge is 0.108 e. The van der Waals surface area contributed by atoms with Crippen molar-refractivity contribution in [1.82, 2.24) is 0 Å². The molecule has 0 spiro atoms. The number of rotatable bonds is 1. The summed E-state index contributed by atoms with van der Waals surface area (Å²) in [6, 6.07) is 0. The van der Waals surface area contributed by atoms with Gasteiger partial charge in [0.1, 0.15) is 8.57 Å². The molecular formula is C2H2Br2Cl2. The van der Waals surface area contributed by atoms with Gasteiger partial charge in [-0.1, -0.05) is 31.9 Å². The van der Waals surface area contributed by atoms with Crippen molar-refractivity contribution in [2.45, 2.75) is 8.57 Å². The first-order chi connectivity index (χ1) is 2.64. The molecule has 0 fully saturated rings. The number of alkyl halides is 4. The van der Waals surface area contributed by atoms with Gasteiger partial charge in [-0.25, -0.2) is 0 Å². The van der Waals surface area contributed by atoms with Gasteiger partial charge in [-0.05, 0) is 0 Å². The van der Waals surface area contributed by atoms with Crippen molar-refractivity contribution in [3.05, 3.63) is 0 Å². The predicted molar refractivity (Wildman–Crippen MR) is 37.1 cm³/mol. The van der Waals surface area contributed by atoms with E-state index < -0.39 is 0 Å². The molecular weight excluding hydrogens is 255 g/mol. The molecule has 0 rings (SSSR count). The maximum Gasteiger partial charge on any atom is 0.115 e. The van der Waals surface area contributed by atoms with Gasteiger partial charge in [0.05, 0.1) is 0 Å². The first-order valence-electron chi connectivity index (χ1n) is 1.21. The topological polar surface area (TPSA) is 0 Å². The van der Waals surface area contributed by atoms with Crippen molar-refractivity contribution in [2.24, 2.45) is 0 Å². The summed E-state index contributed by atoms with van der Waals surface area (Å²) in [6.45, 7) is 0. The Kier molecular flexibility index (Phi) is 4.44. The normalized spacial score (nSPS) is 20.0. The molecule has 0 heterocycles. The average molecular weight is 257 g/mol. The molecule has 0 aliphatic rings. The lowest BCUT2D eigenvalue weighted by Gasteiger charge is -1.96. The zero-order chi connectivity index (χ0) is 5.15. The second-order valence-electron chi connectivity index (χ2n) is 0.669. The Morgan fingerprint density at radius 2 is 1.17 bits per heavy atom. The first kappa shape index (κ1) is 7.54. The van der Waals surface area contributed by atoms with E-state index >= 15 is 0 Å². The van der Waals surface area contributed by atoms with E-state index in [0.717, 1.165) is 0 Å². The summed E-state index contributed by atoms with van der Waals surface area (Å²) in [7, 11) is 0. The molecule has 0 radical (unpaired) electrons. The fourth-order valence-electron chi connectivity index (χ4n) is 0. The van der Waals surface area contributed by atoms with Crippen LogP contribution in [0.15, 0.2) is 0 Å². The van der Waals surface area contributed by atoms with Crippen LogP contribution in [0, 0.1) is 0 Å². The van der Waals surface area contributed by atoms with E-state index in [1.165, 1.54) is 0 Å². The highest BCUT2D eigenvalue weighted by molar-refractivity contribution is 9.13. The van der Waals surface area contributed by atoms with Crippen molar-refractivity contribution < 1.29 is 0 Å². The third-order valence-corrected chi connectivity index (χ3v) is 3.20. The third kappa shape index (κ3) is 3.72. The Hall–Kier alpha value is 1.54. The van der Waals surface area contributed by atoms with Crippen LogP contribution in [0.1, 0.15) is 0 Å². The third-order valence-electron chi connectivity index (χ3n) is 0.190. The van der Waals surface area contributed by atoms with Gasteiger partial charge in [0.25, 0.3) is 0 Å². The second kappa shape index (κ2) is 3.53. The molecule has 6 heavy (non-hydrogen) atoms. The molecule has 0 aromatic heterocycles. The SMILES string of the molecule is Cl[C@H](Br)[C@@H](Cl)Br.